The molecule has 3 aromatic rings. The molecule has 1 amide bonds. The van der Waals surface area contributed by atoms with E-state index in [4.69, 9.17) is 9.47 Å². The lowest BCUT2D eigenvalue weighted by molar-refractivity contribution is 0.0952. The van der Waals surface area contributed by atoms with Gasteiger partial charge in [-0.2, -0.15) is 5.10 Å². The van der Waals surface area contributed by atoms with Gasteiger partial charge in [0.05, 0.1) is 25.0 Å². The predicted octanol–water partition coefficient (Wildman–Crippen LogP) is 4.11. The molecule has 2 N–H and O–H groups in total. The summed E-state index contributed by atoms with van der Waals surface area (Å²) in [6.45, 7) is 4.90. The normalized spacial score (nSPS) is 10.9. The smallest absolute Gasteiger partial charge is 0.275 e. The molecule has 144 valence electrons. The highest BCUT2D eigenvalue weighted by molar-refractivity contribution is 6.04. The fourth-order valence-corrected chi connectivity index (χ4v) is 2.85. The lowest BCUT2D eigenvalue weighted by Crippen LogP contribution is -2.17. The highest BCUT2D eigenvalue weighted by Gasteiger charge is 2.11. The van der Waals surface area contributed by atoms with E-state index in [2.05, 4.69) is 10.5 Å². The molecule has 0 aliphatic heterocycles. The molecule has 3 aromatic carbocycles. The van der Waals surface area contributed by atoms with Crippen LogP contribution in [0.2, 0.25) is 0 Å². The molecule has 0 aromatic heterocycles. The van der Waals surface area contributed by atoms with Crippen LogP contribution in [0.5, 0.6) is 17.2 Å². The van der Waals surface area contributed by atoms with Crippen molar-refractivity contribution in [3.8, 4) is 17.2 Å². The number of fused-ring (bicyclic) bond motifs is 1. The Morgan fingerprint density at radius 1 is 1.07 bits per heavy atom. The first kappa shape index (κ1) is 19.2. The summed E-state index contributed by atoms with van der Waals surface area (Å²) in [6.07, 6.45) is 1.54. The number of rotatable bonds is 7. The summed E-state index contributed by atoms with van der Waals surface area (Å²) in [5.41, 5.74) is 3.33. The zero-order chi connectivity index (χ0) is 19.9. The highest BCUT2D eigenvalue weighted by atomic mass is 16.5. The Kier molecular flexibility index (Phi) is 6.11. The average Bonchev–Trinajstić information content (AvgIpc) is 2.70. The number of nitrogens with zero attached hydrogens (tertiary/aromatic N) is 1. The molecule has 0 atom stereocenters. The fraction of sp³-hybridized carbons (Fsp3) is 0.182. The van der Waals surface area contributed by atoms with E-state index in [0.717, 1.165) is 22.1 Å². The zero-order valence-corrected chi connectivity index (χ0v) is 15.8. The van der Waals surface area contributed by atoms with Crippen LogP contribution in [-0.4, -0.2) is 30.4 Å². The third-order valence-corrected chi connectivity index (χ3v) is 4.11. The van der Waals surface area contributed by atoms with Gasteiger partial charge >= 0.3 is 0 Å². The van der Waals surface area contributed by atoms with Gasteiger partial charge < -0.3 is 14.6 Å². The lowest BCUT2D eigenvalue weighted by atomic mass is 10.0. The van der Waals surface area contributed by atoms with Gasteiger partial charge in [0.15, 0.2) is 0 Å². The second kappa shape index (κ2) is 8.90. The van der Waals surface area contributed by atoms with Gasteiger partial charge in [-0.1, -0.05) is 24.3 Å². The molecule has 6 nitrogen and oxygen atoms in total. The minimum atomic E-state index is -0.498. The number of aromatic hydroxyl groups is 1. The molecule has 0 heterocycles. The second-order valence-electron chi connectivity index (χ2n) is 5.94. The number of hydrogen-bond acceptors (Lipinski definition) is 5. The minimum absolute atomic E-state index is 0.100. The Morgan fingerprint density at radius 2 is 1.82 bits per heavy atom. The SMILES string of the molecule is CCOc1ccc2ccc(OCC)c(/C=N\NC(=O)c3ccccc3O)c2c1. The van der Waals surface area contributed by atoms with E-state index in [1.54, 1.807) is 18.3 Å². The number of nitrogens with one attached hydrogen (secondary N) is 1. The molecule has 0 bridgehead atoms. The minimum Gasteiger partial charge on any atom is -0.507 e. The largest absolute Gasteiger partial charge is 0.507 e. The lowest BCUT2D eigenvalue weighted by Gasteiger charge is -2.12. The van der Waals surface area contributed by atoms with Crippen LogP contribution in [0, 0.1) is 0 Å². The fourth-order valence-electron chi connectivity index (χ4n) is 2.85. The Labute approximate surface area is 163 Å². The van der Waals surface area contributed by atoms with Gasteiger partial charge in [-0.05, 0) is 55.0 Å². The van der Waals surface area contributed by atoms with Crippen LogP contribution in [0.1, 0.15) is 29.8 Å². The van der Waals surface area contributed by atoms with E-state index in [9.17, 15) is 9.90 Å². The van der Waals surface area contributed by atoms with E-state index in [-0.39, 0.29) is 11.3 Å². The third-order valence-electron chi connectivity index (χ3n) is 4.11. The molecule has 0 fully saturated rings. The maximum Gasteiger partial charge on any atom is 0.275 e. The van der Waals surface area contributed by atoms with Gasteiger partial charge in [0.1, 0.15) is 17.2 Å². The summed E-state index contributed by atoms with van der Waals surface area (Å²) in [4.78, 5) is 12.2. The van der Waals surface area contributed by atoms with Crippen molar-refractivity contribution in [1.29, 1.82) is 0 Å². The highest BCUT2D eigenvalue weighted by Crippen LogP contribution is 2.30. The molecule has 3 rings (SSSR count). The molecule has 28 heavy (non-hydrogen) atoms. The number of carbonyl (C=O) groups is 1. The molecule has 0 saturated carbocycles. The van der Waals surface area contributed by atoms with Crippen molar-refractivity contribution in [1.82, 2.24) is 5.43 Å². The molecule has 0 radical (unpaired) electrons. The second-order valence-corrected chi connectivity index (χ2v) is 5.94. The first-order valence-electron chi connectivity index (χ1n) is 9.07. The molecule has 0 spiro atoms. The predicted molar refractivity (Wildman–Crippen MR) is 109 cm³/mol. The number of para-hydroxylation sites is 1. The van der Waals surface area contributed by atoms with E-state index in [1.165, 1.54) is 12.1 Å². The summed E-state index contributed by atoms with van der Waals surface area (Å²) in [5, 5.41) is 15.8. The van der Waals surface area contributed by atoms with Gasteiger partial charge in [0.2, 0.25) is 0 Å². The molecule has 0 unspecified atom stereocenters. The van der Waals surface area contributed by atoms with Crippen molar-refractivity contribution in [2.75, 3.05) is 13.2 Å². The number of phenols is 1. The van der Waals surface area contributed by atoms with Crippen LogP contribution in [0.3, 0.4) is 0 Å². The number of benzene rings is 3. The number of phenolic OH excluding ortho intramolecular Hbond substituents is 1. The van der Waals surface area contributed by atoms with Gasteiger partial charge in [-0.25, -0.2) is 5.43 Å². The van der Waals surface area contributed by atoms with Crippen LogP contribution < -0.4 is 14.9 Å². The summed E-state index contributed by atoms with van der Waals surface area (Å²) < 4.78 is 11.3. The van der Waals surface area contributed by atoms with Crippen LogP contribution in [0.4, 0.5) is 0 Å². The van der Waals surface area contributed by atoms with Gasteiger partial charge in [0, 0.05) is 5.56 Å². The topological polar surface area (TPSA) is 80.2 Å². The van der Waals surface area contributed by atoms with Crippen LogP contribution in [0.25, 0.3) is 10.8 Å². The molecule has 0 aliphatic carbocycles. The molecular weight excluding hydrogens is 356 g/mol. The van der Waals surface area contributed by atoms with E-state index < -0.39 is 5.91 Å². The number of hydrazone groups is 1. The first-order chi connectivity index (χ1) is 13.6. The van der Waals surface area contributed by atoms with Crippen molar-refractivity contribution < 1.29 is 19.4 Å². The number of carbonyl (C=O) groups excluding carboxylic acids is 1. The van der Waals surface area contributed by atoms with E-state index in [0.29, 0.717) is 19.0 Å². The standard InChI is InChI=1S/C22H22N2O4/c1-3-27-16-11-9-15-10-12-21(28-4-2)19(18(15)13-16)14-23-24-22(26)17-7-5-6-8-20(17)25/h5-14,25H,3-4H2,1-2H3,(H,24,26)/b23-14-. The van der Waals surface area contributed by atoms with Crippen molar-refractivity contribution in [2.45, 2.75) is 13.8 Å². The van der Waals surface area contributed by atoms with Crippen LogP contribution >= 0.6 is 0 Å². The Morgan fingerprint density at radius 3 is 2.57 bits per heavy atom. The van der Waals surface area contributed by atoms with Gasteiger partial charge in [0.25, 0.3) is 5.91 Å². The van der Waals surface area contributed by atoms with Crippen molar-refractivity contribution in [2.24, 2.45) is 5.10 Å². The number of amides is 1. The molecule has 0 saturated heterocycles. The zero-order valence-electron chi connectivity index (χ0n) is 15.8. The molecular formula is C22H22N2O4. The Bertz CT molecular complexity index is 1010. The molecule has 6 heteroatoms. The van der Waals surface area contributed by atoms with Gasteiger partial charge in [-0.3, -0.25) is 4.79 Å². The quantitative estimate of drug-likeness (QED) is 0.479. The van der Waals surface area contributed by atoms with Gasteiger partial charge in [-0.15, -0.1) is 0 Å². The summed E-state index contributed by atoms with van der Waals surface area (Å²) in [6, 6.07) is 15.9. The number of ether oxygens (including phenoxy) is 2. The van der Waals surface area contributed by atoms with Crippen LogP contribution in [0.15, 0.2) is 59.7 Å². The maximum absolute atomic E-state index is 12.2. The Balaban J connectivity index is 1.94. The summed E-state index contributed by atoms with van der Waals surface area (Å²) >= 11 is 0. The van der Waals surface area contributed by atoms with E-state index in [1.807, 2.05) is 44.2 Å². The average molecular weight is 378 g/mol. The van der Waals surface area contributed by atoms with Crippen LogP contribution in [-0.2, 0) is 0 Å². The monoisotopic (exact) mass is 378 g/mol. The van der Waals surface area contributed by atoms with Crippen molar-refractivity contribution in [3.05, 3.63) is 65.7 Å². The van der Waals surface area contributed by atoms with Crippen molar-refractivity contribution in [3.63, 3.8) is 0 Å². The number of hydrogen-bond donors (Lipinski definition) is 2. The summed E-state index contributed by atoms with van der Waals surface area (Å²) in [5.74, 6) is 0.806. The third kappa shape index (κ3) is 4.23. The molecule has 0 aliphatic rings. The Hall–Kier alpha value is -3.54. The van der Waals surface area contributed by atoms with Crippen molar-refractivity contribution >= 4 is 22.9 Å². The maximum atomic E-state index is 12.2. The van der Waals surface area contributed by atoms with E-state index >= 15 is 0 Å². The summed E-state index contributed by atoms with van der Waals surface area (Å²) in [7, 11) is 0. The first-order valence-corrected chi connectivity index (χ1v) is 9.07.